The van der Waals surface area contributed by atoms with Crippen LogP contribution in [0.4, 0.5) is 5.69 Å². The van der Waals surface area contributed by atoms with Gasteiger partial charge in [0.05, 0.1) is 11.7 Å². The Morgan fingerprint density at radius 2 is 1.91 bits per heavy atom. The van der Waals surface area contributed by atoms with E-state index in [9.17, 15) is 13.2 Å². The molecule has 0 saturated carbocycles. The largest absolute Gasteiger partial charge is 0.308 e. The van der Waals surface area contributed by atoms with E-state index in [1.165, 1.54) is 6.07 Å². The van der Waals surface area contributed by atoms with Crippen molar-refractivity contribution < 1.29 is 13.2 Å². The molecular weight excluding hydrogens is 444 g/mol. The van der Waals surface area contributed by atoms with E-state index in [1.807, 2.05) is 49.4 Å². The number of aryl methyl sites for hydroxylation is 1. The lowest BCUT2D eigenvalue weighted by Gasteiger charge is -2.18. The Labute approximate surface area is 190 Å². The Morgan fingerprint density at radius 3 is 2.72 bits per heavy atom. The molecule has 0 bridgehead atoms. The van der Waals surface area contributed by atoms with Crippen molar-refractivity contribution in [1.29, 1.82) is 0 Å². The normalized spacial score (nSPS) is 13.5. The van der Waals surface area contributed by atoms with Crippen molar-refractivity contribution in [3.8, 4) is 0 Å². The second kappa shape index (κ2) is 8.09. The Morgan fingerprint density at radius 1 is 1.09 bits per heavy atom. The first-order chi connectivity index (χ1) is 15.4. The van der Waals surface area contributed by atoms with Crippen molar-refractivity contribution >= 4 is 44.4 Å². The van der Waals surface area contributed by atoms with Crippen molar-refractivity contribution in [3.63, 3.8) is 0 Å². The fourth-order valence-corrected chi connectivity index (χ4v) is 5.63. The van der Waals surface area contributed by atoms with Crippen LogP contribution in [-0.4, -0.2) is 29.6 Å². The van der Waals surface area contributed by atoms with E-state index in [0.29, 0.717) is 23.1 Å². The number of hydrogen-bond acceptors (Lipinski definition) is 6. The van der Waals surface area contributed by atoms with Crippen LogP contribution in [0.3, 0.4) is 0 Å². The van der Waals surface area contributed by atoms with E-state index in [0.717, 1.165) is 40.5 Å². The van der Waals surface area contributed by atoms with Crippen molar-refractivity contribution in [2.24, 2.45) is 0 Å². The second-order valence-electron chi connectivity index (χ2n) is 7.75. The van der Waals surface area contributed by atoms with Crippen LogP contribution in [0.5, 0.6) is 0 Å². The molecule has 5 rings (SSSR count). The molecule has 7 nitrogen and oxygen atoms in total. The lowest BCUT2D eigenvalue weighted by molar-refractivity contribution is 0.0989. The summed E-state index contributed by atoms with van der Waals surface area (Å²) >= 11 is 0.983. The summed E-state index contributed by atoms with van der Waals surface area (Å²) in [6.07, 6.45) is 0.776. The zero-order valence-electron chi connectivity index (χ0n) is 17.3. The number of sulfonamides is 1. The van der Waals surface area contributed by atoms with Gasteiger partial charge in [0.1, 0.15) is 15.9 Å². The Balaban J connectivity index is 1.37. The van der Waals surface area contributed by atoms with E-state index in [4.69, 9.17) is 0 Å². The lowest BCUT2D eigenvalue weighted by atomic mass is 10.1. The molecular formula is C23H20N4O3S2. The highest BCUT2D eigenvalue weighted by molar-refractivity contribution is 7.89. The van der Waals surface area contributed by atoms with E-state index in [1.54, 1.807) is 17.0 Å². The summed E-state index contributed by atoms with van der Waals surface area (Å²) in [7, 11) is -3.77. The van der Waals surface area contributed by atoms with Gasteiger partial charge in [0, 0.05) is 24.3 Å². The number of rotatable bonds is 5. The van der Waals surface area contributed by atoms with E-state index in [-0.39, 0.29) is 17.3 Å². The fourth-order valence-electron chi connectivity index (χ4n) is 3.85. The molecule has 1 amide bonds. The minimum Gasteiger partial charge on any atom is -0.308 e. The highest BCUT2D eigenvalue weighted by Crippen LogP contribution is 2.31. The van der Waals surface area contributed by atoms with E-state index < -0.39 is 10.0 Å². The summed E-state index contributed by atoms with van der Waals surface area (Å²) in [5.41, 5.74) is 5.35. The van der Waals surface area contributed by atoms with Crippen LogP contribution < -0.4 is 9.62 Å². The molecule has 0 atom stereocenters. The summed E-state index contributed by atoms with van der Waals surface area (Å²) in [6.45, 7) is 2.70. The van der Waals surface area contributed by atoms with E-state index >= 15 is 0 Å². The zero-order chi connectivity index (χ0) is 22.3. The van der Waals surface area contributed by atoms with Crippen LogP contribution in [0.25, 0.3) is 11.0 Å². The van der Waals surface area contributed by atoms with Crippen LogP contribution >= 0.6 is 11.7 Å². The predicted molar refractivity (Wildman–Crippen MR) is 124 cm³/mol. The average Bonchev–Trinajstić information content (AvgIpc) is 3.44. The number of aromatic nitrogens is 2. The molecule has 162 valence electrons. The smallest absolute Gasteiger partial charge is 0.258 e. The standard InChI is InChI=1S/C23H20N4O3S2/c1-15-5-8-18(9-6-15)23(28)27-12-11-17-10-7-16(13-20(17)27)14-24-32(29,30)21-4-2-3-19-22(21)26-31-25-19/h2-10,13,24H,11-12,14H2,1H3. The molecule has 0 radical (unpaired) electrons. The van der Waals surface area contributed by atoms with Gasteiger partial charge in [-0.3, -0.25) is 4.79 Å². The number of amides is 1. The first-order valence-corrected chi connectivity index (χ1v) is 12.3. The quantitative estimate of drug-likeness (QED) is 0.486. The molecule has 2 heterocycles. The highest BCUT2D eigenvalue weighted by atomic mass is 32.2. The van der Waals surface area contributed by atoms with Crippen LogP contribution in [0.2, 0.25) is 0 Å². The molecule has 1 aromatic heterocycles. The molecule has 1 aliphatic rings. The summed E-state index contributed by atoms with van der Waals surface area (Å²) < 4.78 is 36.7. The Hall–Kier alpha value is -3.14. The first-order valence-electron chi connectivity index (χ1n) is 10.1. The second-order valence-corrected chi connectivity index (χ2v) is 10.0. The number of carbonyl (C=O) groups excluding carboxylic acids is 1. The molecule has 9 heteroatoms. The Kier molecular flexibility index (Phi) is 5.24. The van der Waals surface area contributed by atoms with Crippen LogP contribution in [0.15, 0.2) is 65.6 Å². The number of anilines is 1. The van der Waals surface area contributed by atoms with Crippen molar-refractivity contribution in [3.05, 3.63) is 82.9 Å². The maximum absolute atomic E-state index is 13.0. The fraction of sp³-hybridized carbons (Fsp3) is 0.174. The van der Waals surface area contributed by atoms with Crippen molar-refractivity contribution in [2.75, 3.05) is 11.4 Å². The third-order valence-electron chi connectivity index (χ3n) is 5.59. The minimum absolute atomic E-state index is 0.0517. The number of carbonyl (C=O) groups is 1. The summed E-state index contributed by atoms with van der Waals surface area (Å²) in [4.78, 5) is 14.9. The first kappa shape index (κ1) is 20.7. The molecule has 0 saturated heterocycles. The average molecular weight is 465 g/mol. The third kappa shape index (κ3) is 3.79. The molecule has 4 aromatic rings. The molecule has 3 aromatic carbocycles. The number of hydrogen-bond donors (Lipinski definition) is 1. The number of fused-ring (bicyclic) bond motifs is 2. The van der Waals surface area contributed by atoms with Crippen molar-refractivity contribution in [1.82, 2.24) is 13.5 Å². The molecule has 0 spiro atoms. The predicted octanol–water partition coefficient (Wildman–Crippen LogP) is 3.68. The molecule has 32 heavy (non-hydrogen) atoms. The minimum atomic E-state index is -3.77. The third-order valence-corrected chi connectivity index (χ3v) is 7.57. The van der Waals surface area contributed by atoms with Gasteiger partial charge in [-0.1, -0.05) is 35.9 Å². The number of nitrogens with one attached hydrogen (secondary N) is 1. The monoisotopic (exact) mass is 464 g/mol. The van der Waals surface area contributed by atoms with Gasteiger partial charge in [-0.05, 0) is 54.8 Å². The van der Waals surface area contributed by atoms with Crippen LogP contribution in [-0.2, 0) is 23.0 Å². The highest BCUT2D eigenvalue weighted by Gasteiger charge is 2.26. The summed E-state index contributed by atoms with van der Waals surface area (Å²) in [5.74, 6) is -0.0517. The van der Waals surface area contributed by atoms with E-state index in [2.05, 4.69) is 13.5 Å². The maximum Gasteiger partial charge on any atom is 0.258 e. The molecule has 1 aliphatic heterocycles. The van der Waals surface area contributed by atoms with Crippen LogP contribution in [0, 0.1) is 6.92 Å². The molecule has 0 aliphatic carbocycles. The molecule has 0 unspecified atom stereocenters. The van der Waals surface area contributed by atoms with Gasteiger partial charge in [-0.25, -0.2) is 13.1 Å². The SMILES string of the molecule is Cc1ccc(C(=O)N2CCc3ccc(CNS(=O)(=O)c4cccc5nsnc45)cc32)cc1. The van der Waals surface area contributed by atoms with Gasteiger partial charge in [0.25, 0.3) is 5.91 Å². The Bertz CT molecular complexity index is 1430. The van der Waals surface area contributed by atoms with Gasteiger partial charge in [-0.15, -0.1) is 0 Å². The van der Waals surface area contributed by atoms with Crippen LogP contribution in [0.1, 0.15) is 27.0 Å². The topological polar surface area (TPSA) is 92.3 Å². The number of nitrogens with zero attached hydrogens (tertiary/aromatic N) is 3. The zero-order valence-corrected chi connectivity index (χ0v) is 18.9. The van der Waals surface area contributed by atoms with Gasteiger partial charge in [0.15, 0.2) is 0 Å². The molecule has 0 fully saturated rings. The van der Waals surface area contributed by atoms with Gasteiger partial charge in [-0.2, -0.15) is 8.75 Å². The maximum atomic E-state index is 13.0. The van der Waals surface area contributed by atoms with Gasteiger partial charge in [0.2, 0.25) is 10.0 Å². The van der Waals surface area contributed by atoms with Gasteiger partial charge < -0.3 is 4.90 Å². The summed E-state index contributed by atoms with van der Waals surface area (Å²) in [6, 6.07) is 18.2. The van der Waals surface area contributed by atoms with Gasteiger partial charge >= 0.3 is 0 Å². The molecule has 1 N–H and O–H groups in total. The van der Waals surface area contributed by atoms with Crippen molar-refractivity contribution in [2.45, 2.75) is 24.8 Å². The lowest BCUT2D eigenvalue weighted by Crippen LogP contribution is -2.29. The number of benzene rings is 3. The summed E-state index contributed by atoms with van der Waals surface area (Å²) in [5, 5.41) is 0.